The molecule has 0 aliphatic carbocycles. The molecular formula is C20H35NO. The van der Waals surface area contributed by atoms with Crippen LogP contribution >= 0.6 is 0 Å². The van der Waals surface area contributed by atoms with E-state index in [1.807, 2.05) is 6.92 Å². The third-order valence-electron chi connectivity index (χ3n) is 4.50. The number of hydrogen-bond acceptors (Lipinski definition) is 2. The summed E-state index contributed by atoms with van der Waals surface area (Å²) in [5.74, 6) is 0.845. The molecule has 0 N–H and O–H groups in total. The van der Waals surface area contributed by atoms with Gasteiger partial charge in [-0.15, -0.1) is 0 Å². The fraction of sp³-hybridized carbons (Fsp3) is 0.650. The van der Waals surface area contributed by atoms with E-state index in [1.165, 1.54) is 11.3 Å². The Labute approximate surface area is 137 Å². The lowest BCUT2D eigenvalue weighted by Crippen LogP contribution is -2.22. The van der Waals surface area contributed by atoms with Gasteiger partial charge in [-0.1, -0.05) is 53.7 Å². The number of carbonyl (C=O) groups is 1. The number of benzene rings is 1. The summed E-state index contributed by atoms with van der Waals surface area (Å²) in [6, 6.07) is 8.66. The lowest BCUT2D eigenvalue weighted by Gasteiger charge is -2.30. The van der Waals surface area contributed by atoms with E-state index in [-0.39, 0.29) is 5.92 Å². The standard InChI is InChI=1S/C10H15N.C10H20O/c1-4-9-5-7-10(8-6-9)11(2)3;1-8(2)10(4,5)6-9(3)7-11/h5-8H,4H2,1-3H3;7-9H,6H2,1-5H3. The number of carbonyl (C=O) groups excluding carboxylic acids is 1. The smallest absolute Gasteiger partial charge is 0.122 e. The summed E-state index contributed by atoms with van der Waals surface area (Å²) in [5.41, 5.74) is 2.96. The quantitative estimate of drug-likeness (QED) is 0.672. The summed E-state index contributed by atoms with van der Waals surface area (Å²) in [6.45, 7) is 13.0. The molecule has 0 fully saturated rings. The molecule has 0 radical (unpaired) electrons. The molecule has 126 valence electrons. The minimum atomic E-state index is 0.201. The molecule has 0 heterocycles. The molecule has 0 aliphatic rings. The topological polar surface area (TPSA) is 20.3 Å². The maximum absolute atomic E-state index is 10.4. The second-order valence-corrected chi connectivity index (χ2v) is 7.38. The van der Waals surface area contributed by atoms with Crippen molar-refractivity contribution >= 4 is 12.0 Å². The predicted octanol–water partition coefficient (Wildman–Crippen LogP) is 5.21. The molecule has 1 atom stereocenters. The molecule has 0 saturated heterocycles. The maximum Gasteiger partial charge on any atom is 0.122 e. The molecule has 0 spiro atoms. The molecule has 0 aromatic heterocycles. The van der Waals surface area contributed by atoms with Crippen molar-refractivity contribution in [3.05, 3.63) is 29.8 Å². The Morgan fingerprint density at radius 2 is 1.59 bits per heavy atom. The van der Waals surface area contributed by atoms with Crippen LogP contribution in [0.15, 0.2) is 24.3 Å². The first-order chi connectivity index (χ1) is 10.1. The number of anilines is 1. The Bertz CT molecular complexity index is 418. The molecule has 0 saturated carbocycles. The Balaban J connectivity index is 0.000000401. The SMILES string of the molecule is CC(C=O)CC(C)(C)C(C)C.CCc1ccc(N(C)C)cc1. The normalized spacial score (nSPS) is 12.4. The first kappa shape index (κ1) is 20.7. The molecule has 0 bridgehead atoms. The van der Waals surface area contributed by atoms with E-state index in [1.54, 1.807) is 0 Å². The summed E-state index contributed by atoms with van der Waals surface area (Å²) in [7, 11) is 4.11. The van der Waals surface area contributed by atoms with Gasteiger partial charge in [-0.05, 0) is 41.9 Å². The summed E-state index contributed by atoms with van der Waals surface area (Å²) >= 11 is 0. The van der Waals surface area contributed by atoms with Gasteiger partial charge in [-0.3, -0.25) is 0 Å². The van der Waals surface area contributed by atoms with Gasteiger partial charge >= 0.3 is 0 Å². The van der Waals surface area contributed by atoms with Crippen LogP contribution in [0.25, 0.3) is 0 Å². The number of hydrogen-bond donors (Lipinski definition) is 0. The van der Waals surface area contributed by atoms with Crippen LogP contribution in [0.3, 0.4) is 0 Å². The number of aldehydes is 1. The average molecular weight is 306 g/mol. The Hall–Kier alpha value is -1.31. The highest BCUT2D eigenvalue weighted by molar-refractivity contribution is 5.52. The monoisotopic (exact) mass is 305 g/mol. The molecular weight excluding hydrogens is 270 g/mol. The van der Waals surface area contributed by atoms with Crippen molar-refractivity contribution in [3.8, 4) is 0 Å². The first-order valence-corrected chi connectivity index (χ1v) is 8.35. The van der Waals surface area contributed by atoms with Gasteiger partial charge in [0.2, 0.25) is 0 Å². The third kappa shape index (κ3) is 7.63. The Morgan fingerprint density at radius 1 is 1.09 bits per heavy atom. The van der Waals surface area contributed by atoms with Gasteiger partial charge in [0, 0.05) is 25.7 Å². The lowest BCUT2D eigenvalue weighted by molar-refractivity contribution is -0.111. The highest BCUT2D eigenvalue weighted by atomic mass is 16.1. The van der Waals surface area contributed by atoms with Crippen molar-refractivity contribution in [3.63, 3.8) is 0 Å². The fourth-order valence-corrected chi connectivity index (χ4v) is 2.14. The molecule has 22 heavy (non-hydrogen) atoms. The van der Waals surface area contributed by atoms with Crippen molar-refractivity contribution in [2.24, 2.45) is 17.3 Å². The zero-order valence-corrected chi connectivity index (χ0v) is 15.8. The second kappa shape index (κ2) is 9.66. The molecule has 0 amide bonds. The molecule has 1 aromatic rings. The average Bonchev–Trinajstić information content (AvgIpc) is 2.47. The van der Waals surface area contributed by atoms with Crippen LogP contribution in [0.2, 0.25) is 0 Å². The summed E-state index contributed by atoms with van der Waals surface area (Å²) in [5, 5.41) is 0. The highest BCUT2D eigenvalue weighted by Gasteiger charge is 2.24. The van der Waals surface area contributed by atoms with E-state index < -0.39 is 0 Å². The van der Waals surface area contributed by atoms with Crippen LogP contribution < -0.4 is 4.90 Å². The zero-order chi connectivity index (χ0) is 17.3. The van der Waals surface area contributed by atoms with E-state index in [0.717, 1.165) is 19.1 Å². The third-order valence-corrected chi connectivity index (χ3v) is 4.50. The van der Waals surface area contributed by atoms with E-state index in [9.17, 15) is 4.79 Å². The minimum Gasteiger partial charge on any atom is -0.378 e. The van der Waals surface area contributed by atoms with Gasteiger partial charge in [0.1, 0.15) is 6.29 Å². The van der Waals surface area contributed by atoms with Gasteiger partial charge < -0.3 is 9.69 Å². The van der Waals surface area contributed by atoms with E-state index in [4.69, 9.17) is 0 Å². The summed E-state index contributed by atoms with van der Waals surface area (Å²) < 4.78 is 0. The fourth-order valence-electron chi connectivity index (χ4n) is 2.14. The Kier molecular flexibility index (Phi) is 9.08. The van der Waals surface area contributed by atoms with Crippen molar-refractivity contribution in [1.29, 1.82) is 0 Å². The molecule has 2 nitrogen and oxygen atoms in total. The molecule has 1 unspecified atom stereocenters. The maximum atomic E-state index is 10.4. The van der Waals surface area contributed by atoms with Crippen LogP contribution in [0, 0.1) is 17.3 Å². The predicted molar refractivity (Wildman–Crippen MR) is 98.6 cm³/mol. The molecule has 1 rings (SSSR count). The van der Waals surface area contributed by atoms with Crippen LogP contribution in [0.4, 0.5) is 5.69 Å². The van der Waals surface area contributed by atoms with Crippen molar-refractivity contribution in [1.82, 2.24) is 0 Å². The van der Waals surface area contributed by atoms with E-state index >= 15 is 0 Å². The largest absolute Gasteiger partial charge is 0.378 e. The van der Waals surface area contributed by atoms with Gasteiger partial charge in [0.05, 0.1) is 0 Å². The van der Waals surface area contributed by atoms with E-state index in [2.05, 4.69) is 77.9 Å². The molecule has 1 aromatic carbocycles. The van der Waals surface area contributed by atoms with Crippen LogP contribution in [-0.4, -0.2) is 20.4 Å². The van der Waals surface area contributed by atoms with Crippen LogP contribution in [0.1, 0.15) is 53.5 Å². The van der Waals surface area contributed by atoms with Crippen LogP contribution in [-0.2, 0) is 11.2 Å². The molecule has 2 heteroatoms. The number of rotatable bonds is 6. The van der Waals surface area contributed by atoms with Gasteiger partial charge in [0.15, 0.2) is 0 Å². The first-order valence-electron chi connectivity index (χ1n) is 8.35. The minimum absolute atomic E-state index is 0.201. The molecule has 0 aliphatic heterocycles. The summed E-state index contributed by atoms with van der Waals surface area (Å²) in [6.07, 6.45) is 3.16. The van der Waals surface area contributed by atoms with Gasteiger partial charge in [0.25, 0.3) is 0 Å². The highest BCUT2D eigenvalue weighted by Crippen LogP contribution is 2.32. The Morgan fingerprint density at radius 3 is 1.91 bits per heavy atom. The van der Waals surface area contributed by atoms with Gasteiger partial charge in [-0.2, -0.15) is 0 Å². The van der Waals surface area contributed by atoms with Crippen molar-refractivity contribution in [2.75, 3.05) is 19.0 Å². The van der Waals surface area contributed by atoms with Crippen molar-refractivity contribution in [2.45, 2.75) is 54.4 Å². The van der Waals surface area contributed by atoms with E-state index in [0.29, 0.717) is 11.3 Å². The number of nitrogens with zero attached hydrogens (tertiary/aromatic N) is 1. The summed E-state index contributed by atoms with van der Waals surface area (Å²) in [4.78, 5) is 12.5. The van der Waals surface area contributed by atoms with Gasteiger partial charge in [-0.25, -0.2) is 0 Å². The van der Waals surface area contributed by atoms with Crippen molar-refractivity contribution < 1.29 is 4.79 Å². The second-order valence-electron chi connectivity index (χ2n) is 7.38. The van der Waals surface area contributed by atoms with Crippen LogP contribution in [0.5, 0.6) is 0 Å². The zero-order valence-electron chi connectivity index (χ0n) is 15.8. The number of aryl methyl sites for hydroxylation is 1. The lowest BCUT2D eigenvalue weighted by atomic mass is 9.75.